The third-order valence-corrected chi connectivity index (χ3v) is 3.14. The lowest BCUT2D eigenvalue weighted by Crippen LogP contribution is -2.38. The molecule has 1 aliphatic heterocycles. The molecule has 1 unspecified atom stereocenters. The molecule has 8 nitrogen and oxygen atoms in total. The van der Waals surface area contributed by atoms with E-state index in [1.807, 2.05) is 6.07 Å². The van der Waals surface area contributed by atoms with Gasteiger partial charge in [0.15, 0.2) is 0 Å². The van der Waals surface area contributed by atoms with Gasteiger partial charge in [-0.25, -0.2) is 4.79 Å². The minimum absolute atomic E-state index is 0.397. The van der Waals surface area contributed by atoms with Crippen molar-refractivity contribution in [2.45, 2.75) is 25.7 Å². The van der Waals surface area contributed by atoms with Gasteiger partial charge < -0.3 is 25.6 Å². The molecule has 144 valence electrons. The van der Waals surface area contributed by atoms with Gasteiger partial charge in [-0.2, -0.15) is 13.2 Å². The zero-order chi connectivity index (χ0) is 19.9. The average Bonchev–Trinajstić information content (AvgIpc) is 2.78. The topological polar surface area (TPSA) is 125 Å². The number of aliphatic carboxylic acids is 2. The molecule has 2 rings (SSSR count). The molecular formula is C15H17F3N2O6. The summed E-state index contributed by atoms with van der Waals surface area (Å²) in [4.78, 5) is 31.5. The number of amides is 1. The Bertz CT molecular complexity index is 678. The third-order valence-electron chi connectivity index (χ3n) is 3.14. The molecule has 0 aromatic heterocycles. The van der Waals surface area contributed by atoms with Gasteiger partial charge in [0.2, 0.25) is 0 Å². The summed E-state index contributed by atoms with van der Waals surface area (Å²) in [5.74, 6) is -3.57. The van der Waals surface area contributed by atoms with Crippen LogP contribution in [-0.2, 0) is 16.1 Å². The third kappa shape index (κ3) is 6.59. The average molecular weight is 378 g/mol. The molecule has 1 aromatic carbocycles. The molecule has 0 radical (unpaired) electrons. The first-order valence-corrected chi connectivity index (χ1v) is 7.32. The summed E-state index contributed by atoms with van der Waals surface area (Å²) in [7, 11) is 0. The van der Waals surface area contributed by atoms with Crippen LogP contribution in [0.5, 0.6) is 5.75 Å². The van der Waals surface area contributed by atoms with E-state index in [0.29, 0.717) is 24.5 Å². The maximum Gasteiger partial charge on any atom is 0.490 e. The second-order valence-corrected chi connectivity index (χ2v) is 5.18. The first-order valence-electron chi connectivity index (χ1n) is 7.32. The summed E-state index contributed by atoms with van der Waals surface area (Å²) in [5.41, 5.74) is 1.38. The summed E-state index contributed by atoms with van der Waals surface area (Å²) in [6, 6.07) is 4.20. The number of rotatable bonds is 3. The maximum absolute atomic E-state index is 11.9. The van der Waals surface area contributed by atoms with Gasteiger partial charge in [0.05, 0.1) is 0 Å². The van der Waals surface area contributed by atoms with E-state index in [-0.39, 0.29) is 0 Å². The lowest BCUT2D eigenvalue weighted by molar-refractivity contribution is -0.192. The molecule has 1 aromatic rings. The molecule has 0 fully saturated rings. The molecule has 1 atom stereocenters. The highest BCUT2D eigenvalue weighted by Crippen LogP contribution is 2.22. The number of nitrogens with one attached hydrogen (secondary N) is 2. The first-order chi connectivity index (χ1) is 12.0. The fourth-order valence-electron chi connectivity index (χ4n) is 1.77. The number of benzene rings is 1. The molecule has 26 heavy (non-hydrogen) atoms. The predicted molar refractivity (Wildman–Crippen MR) is 81.9 cm³/mol. The number of halogens is 3. The highest BCUT2D eigenvalue weighted by Gasteiger charge is 2.38. The molecule has 1 heterocycles. The molecule has 0 saturated carbocycles. The van der Waals surface area contributed by atoms with Crippen molar-refractivity contribution in [3.8, 4) is 5.75 Å². The van der Waals surface area contributed by atoms with Gasteiger partial charge in [-0.15, -0.1) is 0 Å². The molecule has 0 saturated heterocycles. The Balaban J connectivity index is 0.000000412. The summed E-state index contributed by atoms with van der Waals surface area (Å²) in [6.45, 7) is 3.42. The largest absolute Gasteiger partial charge is 0.492 e. The monoisotopic (exact) mass is 378 g/mol. The van der Waals surface area contributed by atoms with E-state index in [9.17, 15) is 22.8 Å². The first kappa shape index (κ1) is 21.2. The zero-order valence-corrected chi connectivity index (χ0v) is 13.6. The molecule has 0 aliphatic carbocycles. The van der Waals surface area contributed by atoms with Crippen molar-refractivity contribution in [2.24, 2.45) is 0 Å². The minimum atomic E-state index is -5.08. The SMILES string of the molecule is CC(NC(=O)c1ccc2c(c1)OCCNC2)C(=O)O.O=C(O)C(F)(F)F. The number of hydrogen-bond donors (Lipinski definition) is 4. The number of carboxylic acids is 2. The Labute approximate surface area is 145 Å². The van der Waals surface area contributed by atoms with Crippen LogP contribution in [0.25, 0.3) is 0 Å². The number of carbonyl (C=O) groups excluding carboxylic acids is 1. The fraction of sp³-hybridized carbons (Fsp3) is 0.400. The van der Waals surface area contributed by atoms with E-state index >= 15 is 0 Å². The van der Waals surface area contributed by atoms with Crippen LogP contribution < -0.4 is 15.4 Å². The van der Waals surface area contributed by atoms with Gasteiger partial charge in [0.25, 0.3) is 5.91 Å². The van der Waals surface area contributed by atoms with Crippen molar-refractivity contribution in [1.29, 1.82) is 0 Å². The van der Waals surface area contributed by atoms with E-state index in [1.54, 1.807) is 12.1 Å². The van der Waals surface area contributed by atoms with Gasteiger partial charge in [-0.3, -0.25) is 9.59 Å². The lowest BCUT2D eigenvalue weighted by atomic mass is 10.1. The van der Waals surface area contributed by atoms with E-state index in [0.717, 1.165) is 12.1 Å². The Morgan fingerprint density at radius 3 is 2.42 bits per heavy atom. The van der Waals surface area contributed by atoms with Gasteiger partial charge in [-0.1, -0.05) is 6.07 Å². The lowest BCUT2D eigenvalue weighted by Gasteiger charge is -2.11. The molecule has 0 spiro atoms. The van der Waals surface area contributed by atoms with E-state index in [1.165, 1.54) is 6.92 Å². The standard InChI is InChI=1S/C13H16N2O4.C2HF3O2/c1-8(13(17)18)15-12(16)9-2-3-10-7-14-4-5-19-11(10)6-9;3-2(4,5)1(6)7/h2-3,6,8,14H,4-5,7H2,1H3,(H,15,16)(H,17,18);(H,6,7). The molecular weight excluding hydrogens is 361 g/mol. The van der Waals surface area contributed by atoms with Gasteiger partial charge in [0.1, 0.15) is 18.4 Å². The summed E-state index contributed by atoms with van der Waals surface area (Å²) >= 11 is 0. The second-order valence-electron chi connectivity index (χ2n) is 5.18. The number of carbonyl (C=O) groups is 3. The van der Waals surface area contributed by atoms with E-state index in [4.69, 9.17) is 19.7 Å². The van der Waals surface area contributed by atoms with Crippen molar-refractivity contribution < 1.29 is 42.5 Å². The fourth-order valence-corrected chi connectivity index (χ4v) is 1.77. The number of carboxylic acid groups (broad SMARTS) is 2. The molecule has 0 bridgehead atoms. The zero-order valence-electron chi connectivity index (χ0n) is 13.6. The normalized spacial score (nSPS) is 14.5. The van der Waals surface area contributed by atoms with Crippen LogP contribution in [-0.4, -0.2) is 53.4 Å². The number of alkyl halides is 3. The quantitative estimate of drug-likeness (QED) is 0.618. The van der Waals surface area contributed by atoms with E-state index in [2.05, 4.69) is 10.6 Å². The maximum atomic E-state index is 11.9. The molecule has 11 heteroatoms. The van der Waals surface area contributed by atoms with Crippen LogP contribution in [0.15, 0.2) is 18.2 Å². The molecule has 1 aliphatic rings. The number of fused-ring (bicyclic) bond motifs is 1. The van der Waals surface area contributed by atoms with Crippen molar-refractivity contribution in [2.75, 3.05) is 13.2 Å². The Hall–Kier alpha value is -2.82. The van der Waals surface area contributed by atoms with Crippen molar-refractivity contribution in [3.63, 3.8) is 0 Å². The van der Waals surface area contributed by atoms with Crippen LogP contribution in [0.4, 0.5) is 13.2 Å². The van der Waals surface area contributed by atoms with Crippen LogP contribution >= 0.6 is 0 Å². The van der Waals surface area contributed by atoms with Crippen LogP contribution in [0.3, 0.4) is 0 Å². The van der Waals surface area contributed by atoms with Crippen LogP contribution in [0.2, 0.25) is 0 Å². The van der Waals surface area contributed by atoms with Crippen LogP contribution in [0, 0.1) is 0 Å². The Morgan fingerprint density at radius 1 is 1.27 bits per heavy atom. The predicted octanol–water partition coefficient (Wildman–Crippen LogP) is 1.00. The second kappa shape index (κ2) is 9.04. The van der Waals surface area contributed by atoms with Gasteiger partial charge in [-0.05, 0) is 19.1 Å². The summed E-state index contributed by atoms with van der Waals surface area (Å²) in [5, 5.41) is 21.5. The summed E-state index contributed by atoms with van der Waals surface area (Å²) in [6.07, 6.45) is -5.08. The summed E-state index contributed by atoms with van der Waals surface area (Å²) < 4.78 is 37.3. The number of ether oxygens (including phenoxy) is 1. The van der Waals surface area contributed by atoms with Crippen LogP contribution in [0.1, 0.15) is 22.8 Å². The minimum Gasteiger partial charge on any atom is -0.492 e. The van der Waals surface area contributed by atoms with Gasteiger partial charge in [0, 0.05) is 24.2 Å². The smallest absolute Gasteiger partial charge is 0.490 e. The Kier molecular flexibility index (Phi) is 7.38. The molecule has 4 N–H and O–H groups in total. The van der Waals surface area contributed by atoms with Crippen molar-refractivity contribution >= 4 is 17.8 Å². The van der Waals surface area contributed by atoms with Crippen molar-refractivity contribution in [3.05, 3.63) is 29.3 Å². The highest BCUT2D eigenvalue weighted by molar-refractivity contribution is 5.96. The number of hydrogen-bond acceptors (Lipinski definition) is 5. The molecule has 1 amide bonds. The highest BCUT2D eigenvalue weighted by atomic mass is 19.4. The van der Waals surface area contributed by atoms with Crippen molar-refractivity contribution in [1.82, 2.24) is 10.6 Å². The Morgan fingerprint density at radius 2 is 1.88 bits per heavy atom. The van der Waals surface area contributed by atoms with Gasteiger partial charge >= 0.3 is 18.1 Å². The van der Waals surface area contributed by atoms with E-state index < -0.39 is 30.1 Å².